The third-order valence-electron chi connectivity index (χ3n) is 6.44. The van der Waals surface area contributed by atoms with Crippen LogP contribution in [0.5, 0.6) is 0 Å². The zero-order chi connectivity index (χ0) is 22.4. The molecule has 0 unspecified atom stereocenters. The maximum absolute atomic E-state index is 14.3. The summed E-state index contributed by atoms with van der Waals surface area (Å²) in [6, 6.07) is 4.67. The second-order valence-corrected chi connectivity index (χ2v) is 8.77. The van der Waals surface area contributed by atoms with Gasteiger partial charge in [0.1, 0.15) is 5.82 Å². The normalized spacial score (nSPS) is 16.7. The van der Waals surface area contributed by atoms with Crippen LogP contribution in [0.3, 0.4) is 0 Å². The highest BCUT2D eigenvalue weighted by atomic mass is 19.1. The Bertz CT molecular complexity index is 1170. The second kappa shape index (κ2) is 7.94. The molecule has 0 saturated carbocycles. The Morgan fingerprint density at radius 1 is 1.13 bits per heavy atom. The first-order valence-electron chi connectivity index (χ1n) is 10.8. The molecule has 3 aromatic rings. The predicted molar refractivity (Wildman–Crippen MR) is 120 cm³/mol. The van der Waals surface area contributed by atoms with E-state index in [1.807, 2.05) is 62.2 Å². The molecule has 0 spiro atoms. The fourth-order valence-electron chi connectivity index (χ4n) is 4.68. The van der Waals surface area contributed by atoms with Gasteiger partial charge in [0, 0.05) is 38.1 Å². The number of likely N-dealkylation sites (tertiary alicyclic amines) is 1. The number of piperidine rings is 1. The SMILES string of the molecule is Cc1cc(F)cc(C(=O)N2CCCC[C@H]2c2cc3nc(C)c(C)c(C)n3n2)c1N(C)C. The number of rotatable bonds is 3. The average molecular weight is 424 g/mol. The quantitative estimate of drug-likeness (QED) is 0.621. The van der Waals surface area contributed by atoms with Crippen molar-refractivity contribution in [2.24, 2.45) is 0 Å². The van der Waals surface area contributed by atoms with E-state index in [4.69, 9.17) is 5.10 Å². The minimum absolute atomic E-state index is 0.148. The summed E-state index contributed by atoms with van der Waals surface area (Å²) in [7, 11) is 3.76. The highest BCUT2D eigenvalue weighted by molar-refractivity contribution is 6.00. The topological polar surface area (TPSA) is 53.7 Å². The number of fused-ring (bicyclic) bond motifs is 1. The zero-order valence-corrected chi connectivity index (χ0v) is 19.2. The van der Waals surface area contributed by atoms with Gasteiger partial charge in [-0.2, -0.15) is 5.10 Å². The minimum atomic E-state index is -0.390. The molecular formula is C24H30FN5O. The van der Waals surface area contributed by atoms with Gasteiger partial charge >= 0.3 is 0 Å². The smallest absolute Gasteiger partial charge is 0.256 e. The monoisotopic (exact) mass is 423 g/mol. The van der Waals surface area contributed by atoms with Crippen LogP contribution < -0.4 is 4.90 Å². The minimum Gasteiger partial charge on any atom is -0.377 e. The van der Waals surface area contributed by atoms with Crippen LogP contribution in [0.25, 0.3) is 5.65 Å². The Morgan fingerprint density at radius 2 is 1.87 bits per heavy atom. The molecular weight excluding hydrogens is 393 g/mol. The molecule has 0 radical (unpaired) electrons. The van der Waals surface area contributed by atoms with Crippen LogP contribution in [0.1, 0.15) is 63.9 Å². The van der Waals surface area contributed by atoms with Crippen molar-refractivity contribution in [1.29, 1.82) is 0 Å². The van der Waals surface area contributed by atoms with Crippen molar-refractivity contribution in [2.75, 3.05) is 25.5 Å². The van der Waals surface area contributed by atoms with Crippen LogP contribution >= 0.6 is 0 Å². The third kappa shape index (κ3) is 3.66. The van der Waals surface area contributed by atoms with Crippen molar-refractivity contribution < 1.29 is 9.18 Å². The molecule has 31 heavy (non-hydrogen) atoms. The Morgan fingerprint density at radius 3 is 2.58 bits per heavy atom. The van der Waals surface area contributed by atoms with Crippen LogP contribution in [-0.4, -0.2) is 46.0 Å². The van der Waals surface area contributed by atoms with E-state index in [9.17, 15) is 9.18 Å². The summed E-state index contributed by atoms with van der Waals surface area (Å²) in [5, 5.41) is 4.83. The largest absolute Gasteiger partial charge is 0.377 e. The van der Waals surface area contributed by atoms with E-state index in [1.165, 1.54) is 12.1 Å². The summed E-state index contributed by atoms with van der Waals surface area (Å²) in [6.45, 7) is 8.55. The van der Waals surface area contributed by atoms with Gasteiger partial charge in [-0.05, 0) is 70.2 Å². The molecule has 0 N–H and O–H groups in total. The van der Waals surface area contributed by atoms with Gasteiger partial charge < -0.3 is 9.80 Å². The van der Waals surface area contributed by atoms with Crippen molar-refractivity contribution in [3.63, 3.8) is 0 Å². The molecule has 1 fully saturated rings. The van der Waals surface area contributed by atoms with Crippen molar-refractivity contribution >= 4 is 17.2 Å². The molecule has 4 rings (SSSR count). The van der Waals surface area contributed by atoms with E-state index in [2.05, 4.69) is 4.98 Å². The van der Waals surface area contributed by atoms with E-state index < -0.39 is 5.82 Å². The molecule has 1 aliphatic heterocycles. The highest BCUT2D eigenvalue weighted by Crippen LogP contribution is 2.35. The summed E-state index contributed by atoms with van der Waals surface area (Å²) >= 11 is 0. The summed E-state index contributed by atoms with van der Waals surface area (Å²) in [5.74, 6) is -0.538. The van der Waals surface area contributed by atoms with Crippen molar-refractivity contribution in [1.82, 2.24) is 19.5 Å². The first-order chi connectivity index (χ1) is 14.7. The third-order valence-corrected chi connectivity index (χ3v) is 6.44. The number of hydrogen-bond donors (Lipinski definition) is 0. The summed E-state index contributed by atoms with van der Waals surface area (Å²) in [4.78, 5) is 22.1. The van der Waals surface area contributed by atoms with Gasteiger partial charge in [-0.3, -0.25) is 4.79 Å². The van der Waals surface area contributed by atoms with Gasteiger partial charge in [0.25, 0.3) is 5.91 Å². The van der Waals surface area contributed by atoms with E-state index in [1.54, 1.807) is 0 Å². The Labute approximate surface area is 182 Å². The molecule has 3 heterocycles. The maximum atomic E-state index is 14.3. The Kier molecular flexibility index (Phi) is 5.45. The predicted octanol–water partition coefficient (Wildman–Crippen LogP) is 4.54. The molecule has 1 saturated heterocycles. The lowest BCUT2D eigenvalue weighted by Gasteiger charge is -2.35. The zero-order valence-electron chi connectivity index (χ0n) is 19.2. The van der Waals surface area contributed by atoms with E-state index in [-0.39, 0.29) is 11.9 Å². The summed E-state index contributed by atoms with van der Waals surface area (Å²) in [5.41, 5.74) is 6.70. The van der Waals surface area contributed by atoms with Crippen molar-refractivity contribution in [2.45, 2.75) is 53.0 Å². The van der Waals surface area contributed by atoms with E-state index in [0.717, 1.165) is 58.8 Å². The summed E-state index contributed by atoms with van der Waals surface area (Å²) in [6.07, 6.45) is 2.78. The molecule has 6 nitrogen and oxygen atoms in total. The average Bonchev–Trinajstić information content (AvgIpc) is 3.14. The molecule has 0 aliphatic carbocycles. The van der Waals surface area contributed by atoms with Gasteiger partial charge in [-0.1, -0.05) is 0 Å². The van der Waals surface area contributed by atoms with Gasteiger partial charge in [0.2, 0.25) is 0 Å². The lowest BCUT2D eigenvalue weighted by atomic mass is 9.97. The Hall–Kier alpha value is -2.96. The van der Waals surface area contributed by atoms with E-state index >= 15 is 0 Å². The van der Waals surface area contributed by atoms with Gasteiger partial charge in [0.05, 0.1) is 23.0 Å². The first-order valence-corrected chi connectivity index (χ1v) is 10.8. The lowest BCUT2D eigenvalue weighted by Crippen LogP contribution is -2.39. The number of aromatic nitrogens is 3. The number of hydrogen-bond acceptors (Lipinski definition) is 4. The van der Waals surface area contributed by atoms with Gasteiger partial charge in [0.15, 0.2) is 5.65 Å². The first kappa shape index (κ1) is 21.3. The number of amides is 1. The maximum Gasteiger partial charge on any atom is 0.256 e. The number of nitrogens with zero attached hydrogens (tertiary/aromatic N) is 5. The molecule has 1 aliphatic rings. The van der Waals surface area contributed by atoms with Crippen LogP contribution in [-0.2, 0) is 0 Å². The van der Waals surface area contributed by atoms with E-state index in [0.29, 0.717) is 12.1 Å². The fourth-order valence-corrected chi connectivity index (χ4v) is 4.68. The number of aryl methyl sites for hydroxylation is 3. The molecule has 1 aromatic carbocycles. The van der Waals surface area contributed by atoms with Crippen molar-refractivity contribution in [3.8, 4) is 0 Å². The molecule has 1 amide bonds. The van der Waals surface area contributed by atoms with Crippen LogP contribution in [0.15, 0.2) is 18.2 Å². The molecule has 164 valence electrons. The second-order valence-electron chi connectivity index (χ2n) is 8.77. The number of benzene rings is 1. The number of halogens is 1. The number of anilines is 1. The van der Waals surface area contributed by atoms with Gasteiger partial charge in [-0.25, -0.2) is 13.9 Å². The molecule has 2 aromatic heterocycles. The molecule has 1 atom stereocenters. The van der Waals surface area contributed by atoms with Gasteiger partial charge in [-0.15, -0.1) is 0 Å². The standard InChI is InChI=1S/C24H30FN5O/c1-14-11-18(25)12-19(23(14)28(5)6)24(31)29-10-8-7-9-21(29)20-13-22-26-16(3)15(2)17(4)30(22)27-20/h11-13,21H,7-10H2,1-6H3/t21-/m0/s1. The fraction of sp³-hybridized carbons (Fsp3) is 0.458. The lowest BCUT2D eigenvalue weighted by molar-refractivity contribution is 0.0606. The summed E-state index contributed by atoms with van der Waals surface area (Å²) < 4.78 is 16.1. The van der Waals surface area contributed by atoms with Crippen LogP contribution in [0.2, 0.25) is 0 Å². The molecule has 0 bridgehead atoms. The van der Waals surface area contributed by atoms with Crippen LogP contribution in [0, 0.1) is 33.5 Å². The highest BCUT2D eigenvalue weighted by Gasteiger charge is 2.32. The van der Waals surface area contributed by atoms with Crippen LogP contribution in [0.4, 0.5) is 10.1 Å². The molecule has 7 heteroatoms. The number of carbonyl (C=O) groups excluding carboxylic acids is 1. The number of carbonyl (C=O) groups is 1. The Balaban J connectivity index is 1.78. The van der Waals surface area contributed by atoms with Crippen molar-refractivity contribution in [3.05, 3.63) is 57.8 Å².